The molecule has 0 saturated heterocycles. The van der Waals surface area contributed by atoms with Gasteiger partial charge in [0.1, 0.15) is 5.60 Å². The molecule has 0 bridgehead atoms. The van der Waals surface area contributed by atoms with Crippen LogP contribution < -0.4 is 0 Å². The maximum absolute atomic E-state index is 6.76. The van der Waals surface area contributed by atoms with Gasteiger partial charge in [0.05, 0.1) is 5.60 Å². The number of hydrogen-bond acceptors (Lipinski definition) is 2. The highest BCUT2D eigenvalue weighted by atomic mass is 35.5. The number of hydrogen-bond donors (Lipinski definition) is 0. The Morgan fingerprint density at radius 2 is 1.46 bits per heavy atom. The molecule has 0 N–H and O–H groups in total. The number of nitrogens with zero attached hydrogens (tertiary/aromatic N) is 1. The first-order valence-corrected chi connectivity index (χ1v) is 8.46. The van der Waals surface area contributed by atoms with Gasteiger partial charge in [-0.15, -0.1) is 12.4 Å². The molecule has 0 aromatic heterocycles. The molecule has 1 unspecified atom stereocenters. The Hall–Kier alpha value is -1.35. The van der Waals surface area contributed by atoms with Crippen LogP contribution in [0.25, 0.3) is 0 Å². The van der Waals surface area contributed by atoms with E-state index in [-0.39, 0.29) is 23.6 Å². The van der Waals surface area contributed by atoms with E-state index in [0.29, 0.717) is 0 Å². The molecule has 1 aliphatic heterocycles. The third kappa shape index (κ3) is 3.37. The van der Waals surface area contributed by atoms with Crippen molar-refractivity contribution in [2.24, 2.45) is 0 Å². The Labute approximate surface area is 152 Å². The summed E-state index contributed by atoms with van der Waals surface area (Å²) in [6.45, 7) is 5.44. The third-order valence-electron chi connectivity index (χ3n) is 4.81. The lowest BCUT2D eigenvalue weighted by Gasteiger charge is -2.34. The van der Waals surface area contributed by atoms with Crippen LogP contribution in [0.5, 0.6) is 0 Å². The maximum Gasteiger partial charge on any atom is 0.120 e. The van der Waals surface area contributed by atoms with Crippen molar-refractivity contribution in [3.8, 4) is 0 Å². The summed E-state index contributed by atoms with van der Waals surface area (Å²) in [7, 11) is 4.26. The van der Waals surface area contributed by atoms with E-state index in [1.54, 1.807) is 0 Å². The van der Waals surface area contributed by atoms with Crippen LogP contribution in [0.2, 0.25) is 0 Å². The molecule has 0 amide bonds. The zero-order valence-electron chi connectivity index (χ0n) is 15.1. The Kier molecular flexibility index (Phi) is 5.74. The first kappa shape index (κ1) is 19.0. The Bertz CT molecular complexity index is 669. The van der Waals surface area contributed by atoms with Gasteiger partial charge in [0.2, 0.25) is 0 Å². The summed E-state index contributed by atoms with van der Waals surface area (Å²) in [6.07, 6.45) is 2.10. The van der Waals surface area contributed by atoms with Crippen molar-refractivity contribution in [2.75, 3.05) is 20.6 Å². The van der Waals surface area contributed by atoms with Gasteiger partial charge in [-0.25, -0.2) is 0 Å². The minimum atomic E-state index is -0.336. The fourth-order valence-electron chi connectivity index (χ4n) is 3.80. The van der Waals surface area contributed by atoms with Crippen molar-refractivity contribution in [1.82, 2.24) is 4.90 Å². The lowest BCUT2D eigenvalue weighted by Crippen LogP contribution is -2.31. The van der Waals surface area contributed by atoms with E-state index >= 15 is 0 Å². The van der Waals surface area contributed by atoms with E-state index in [0.717, 1.165) is 19.4 Å². The van der Waals surface area contributed by atoms with Gasteiger partial charge in [-0.05, 0) is 64.0 Å². The van der Waals surface area contributed by atoms with Gasteiger partial charge < -0.3 is 9.64 Å². The summed E-state index contributed by atoms with van der Waals surface area (Å²) in [5.74, 6) is 0. The number of halogens is 1. The summed E-state index contributed by atoms with van der Waals surface area (Å²) in [6, 6.07) is 19.4. The molecular weight excluding hydrogens is 318 g/mol. The molecule has 0 aliphatic carbocycles. The Morgan fingerprint density at radius 3 is 2.08 bits per heavy atom. The average molecular weight is 346 g/mol. The van der Waals surface area contributed by atoms with Gasteiger partial charge in [0.25, 0.3) is 0 Å². The normalized spacial score (nSPS) is 21.4. The zero-order valence-corrected chi connectivity index (χ0v) is 15.9. The van der Waals surface area contributed by atoms with E-state index in [2.05, 4.69) is 87.4 Å². The molecule has 2 aromatic carbocycles. The van der Waals surface area contributed by atoms with Crippen molar-refractivity contribution < 1.29 is 4.74 Å². The third-order valence-corrected chi connectivity index (χ3v) is 4.81. The smallest absolute Gasteiger partial charge is 0.120 e. The summed E-state index contributed by atoms with van der Waals surface area (Å²) in [5, 5.41) is 0. The summed E-state index contributed by atoms with van der Waals surface area (Å²) < 4.78 is 6.76. The molecule has 0 spiro atoms. The molecule has 130 valence electrons. The van der Waals surface area contributed by atoms with Crippen molar-refractivity contribution in [2.45, 2.75) is 37.9 Å². The maximum atomic E-state index is 6.76. The topological polar surface area (TPSA) is 12.5 Å². The van der Waals surface area contributed by atoms with Crippen LogP contribution in [-0.2, 0) is 15.9 Å². The molecule has 2 nitrogen and oxygen atoms in total. The first-order chi connectivity index (χ1) is 11.0. The quantitative estimate of drug-likeness (QED) is 0.759. The molecule has 0 saturated carbocycles. The van der Waals surface area contributed by atoms with E-state index in [1.165, 1.54) is 16.7 Å². The van der Waals surface area contributed by atoms with Crippen LogP contribution in [-0.4, -0.2) is 25.5 Å². The molecule has 24 heavy (non-hydrogen) atoms. The van der Waals surface area contributed by atoms with Crippen molar-refractivity contribution >= 4 is 12.4 Å². The van der Waals surface area contributed by atoms with Crippen molar-refractivity contribution in [3.63, 3.8) is 0 Å². The minimum Gasteiger partial charge on any atom is -0.355 e. The van der Waals surface area contributed by atoms with Gasteiger partial charge in [0.15, 0.2) is 0 Å². The fraction of sp³-hybridized carbons (Fsp3) is 0.429. The van der Waals surface area contributed by atoms with Crippen molar-refractivity contribution in [1.29, 1.82) is 0 Å². The van der Waals surface area contributed by atoms with Gasteiger partial charge in [-0.2, -0.15) is 0 Å². The second-order valence-corrected chi connectivity index (χ2v) is 7.26. The number of rotatable bonds is 5. The predicted molar refractivity (Wildman–Crippen MR) is 103 cm³/mol. The second-order valence-electron chi connectivity index (χ2n) is 7.26. The van der Waals surface area contributed by atoms with Crippen LogP contribution in [0.3, 0.4) is 0 Å². The van der Waals surface area contributed by atoms with E-state index < -0.39 is 0 Å². The Balaban J connectivity index is 0.00000208. The van der Waals surface area contributed by atoms with E-state index in [4.69, 9.17) is 4.74 Å². The highest BCUT2D eigenvalue weighted by Crippen LogP contribution is 2.52. The van der Waals surface area contributed by atoms with Gasteiger partial charge in [0, 0.05) is 0 Å². The fourth-order valence-corrected chi connectivity index (χ4v) is 3.80. The molecule has 3 rings (SSSR count). The summed E-state index contributed by atoms with van der Waals surface area (Å²) >= 11 is 0. The summed E-state index contributed by atoms with van der Waals surface area (Å²) in [4.78, 5) is 2.24. The average Bonchev–Trinajstić information content (AvgIpc) is 2.77. The Morgan fingerprint density at radius 1 is 0.875 bits per heavy atom. The van der Waals surface area contributed by atoms with E-state index in [1.807, 2.05) is 0 Å². The van der Waals surface area contributed by atoms with Gasteiger partial charge in [-0.1, -0.05) is 54.6 Å². The van der Waals surface area contributed by atoms with Crippen LogP contribution in [0.4, 0.5) is 0 Å². The van der Waals surface area contributed by atoms with Crippen LogP contribution in [0.1, 0.15) is 43.4 Å². The standard InChI is InChI=1S/C21H27NO.ClH/c1-20(2)18-13-8-9-14-19(18)21(23-20,15-10-16-22(3)4)17-11-6-5-7-12-17;/h5-9,11-14H,10,15-16H2,1-4H3;1H. The monoisotopic (exact) mass is 345 g/mol. The highest BCUT2D eigenvalue weighted by Gasteiger charge is 2.49. The predicted octanol–water partition coefficient (Wildman–Crippen LogP) is 4.96. The van der Waals surface area contributed by atoms with Crippen LogP contribution >= 0.6 is 12.4 Å². The second kappa shape index (κ2) is 7.26. The molecular formula is C21H28ClNO. The largest absolute Gasteiger partial charge is 0.355 e. The highest BCUT2D eigenvalue weighted by molar-refractivity contribution is 5.85. The molecule has 2 aromatic rings. The lowest BCUT2D eigenvalue weighted by atomic mass is 9.81. The lowest BCUT2D eigenvalue weighted by molar-refractivity contribution is -0.107. The molecule has 3 heteroatoms. The zero-order chi connectivity index (χ0) is 16.5. The van der Waals surface area contributed by atoms with Crippen molar-refractivity contribution in [3.05, 3.63) is 71.3 Å². The molecule has 1 heterocycles. The molecule has 0 fully saturated rings. The summed E-state index contributed by atoms with van der Waals surface area (Å²) in [5.41, 5.74) is 3.31. The number of benzene rings is 2. The molecule has 1 atom stereocenters. The van der Waals surface area contributed by atoms with Gasteiger partial charge in [-0.3, -0.25) is 0 Å². The molecule has 1 aliphatic rings. The number of ether oxygens (including phenoxy) is 1. The van der Waals surface area contributed by atoms with Crippen LogP contribution in [0, 0.1) is 0 Å². The first-order valence-electron chi connectivity index (χ1n) is 8.46. The van der Waals surface area contributed by atoms with Crippen LogP contribution in [0.15, 0.2) is 54.6 Å². The van der Waals surface area contributed by atoms with E-state index in [9.17, 15) is 0 Å². The molecule has 0 radical (unpaired) electrons. The number of fused-ring (bicyclic) bond motifs is 1. The minimum absolute atomic E-state index is 0. The SMILES string of the molecule is CN(C)CCCC1(c2ccccc2)OC(C)(C)c2ccccc21.Cl. The van der Waals surface area contributed by atoms with Gasteiger partial charge >= 0.3 is 0 Å².